The summed E-state index contributed by atoms with van der Waals surface area (Å²) in [6.07, 6.45) is 1.40. The van der Waals surface area contributed by atoms with Gasteiger partial charge in [-0.15, -0.1) is 12.4 Å². The van der Waals surface area contributed by atoms with Crippen LogP contribution in [0.2, 0.25) is 10.0 Å². The number of aryl methyl sites for hydroxylation is 2. The second kappa shape index (κ2) is 16.8. The molecule has 1 saturated heterocycles. The molecule has 5 N–H and O–H groups in total. The minimum absolute atomic E-state index is 0. The molecule has 11 nitrogen and oxygen atoms in total. The van der Waals surface area contributed by atoms with Crippen molar-refractivity contribution in [2.45, 2.75) is 63.6 Å². The van der Waals surface area contributed by atoms with Gasteiger partial charge >= 0.3 is 0 Å². The lowest BCUT2D eigenvalue weighted by atomic mass is 10.1. The Balaban J connectivity index is 0.00000562. The first-order valence-corrected chi connectivity index (χ1v) is 18.0. The smallest absolute Gasteiger partial charge is 0.245 e. The molecule has 0 radical (unpaired) electrons. The number of pyridine rings is 1. The molecule has 0 aliphatic carbocycles. The van der Waals surface area contributed by atoms with Crippen LogP contribution >= 0.6 is 35.6 Å². The minimum Gasteiger partial charge on any atom is -0.487 e. The highest BCUT2D eigenvalue weighted by Gasteiger charge is 2.40. The third-order valence-electron chi connectivity index (χ3n) is 8.39. The SMILES string of the molecule is Cc1cc(C)c2cccc(OCc3c(Cl)ccc(S(=O)(=O)N4CCC[C@H]4C(=O)NCCCC(=O)NCc4ccc(C(=N)N)cc4)c3Cl)c2n1.Cl. The molecule has 1 aliphatic heterocycles. The normalized spacial score (nSPS) is 14.6. The average molecular weight is 762 g/mol. The Bertz CT molecular complexity index is 2010. The van der Waals surface area contributed by atoms with Crippen molar-refractivity contribution in [3.05, 3.63) is 98.7 Å². The first kappa shape index (κ1) is 38.9. The third kappa shape index (κ3) is 8.85. The van der Waals surface area contributed by atoms with Gasteiger partial charge in [0.25, 0.3) is 0 Å². The van der Waals surface area contributed by atoms with Gasteiger partial charge in [0.05, 0.1) is 5.02 Å². The van der Waals surface area contributed by atoms with Crippen molar-refractivity contribution >= 4 is 74.2 Å². The number of carbonyl (C=O) groups is 2. The van der Waals surface area contributed by atoms with Gasteiger partial charge in [-0.25, -0.2) is 13.4 Å². The van der Waals surface area contributed by atoms with Crippen LogP contribution in [0.4, 0.5) is 0 Å². The summed E-state index contributed by atoms with van der Waals surface area (Å²) < 4.78 is 35.1. The van der Waals surface area contributed by atoms with Gasteiger partial charge in [0, 0.05) is 53.3 Å². The van der Waals surface area contributed by atoms with E-state index < -0.39 is 22.0 Å². The van der Waals surface area contributed by atoms with E-state index in [1.165, 1.54) is 16.4 Å². The van der Waals surface area contributed by atoms with Crippen LogP contribution in [0.25, 0.3) is 10.9 Å². The van der Waals surface area contributed by atoms with Crippen molar-refractivity contribution < 1.29 is 22.7 Å². The molecule has 266 valence electrons. The van der Waals surface area contributed by atoms with E-state index in [0.29, 0.717) is 48.2 Å². The van der Waals surface area contributed by atoms with Crippen molar-refractivity contribution in [3.8, 4) is 5.75 Å². The van der Waals surface area contributed by atoms with Crippen LogP contribution in [-0.4, -0.2) is 54.5 Å². The van der Waals surface area contributed by atoms with Gasteiger partial charge in [0.1, 0.15) is 34.6 Å². The maximum absolute atomic E-state index is 13.9. The van der Waals surface area contributed by atoms with Crippen LogP contribution in [0.15, 0.2) is 65.6 Å². The first-order valence-electron chi connectivity index (χ1n) is 15.8. The highest BCUT2D eigenvalue weighted by Crippen LogP contribution is 2.36. The predicted octanol–water partition coefficient (Wildman–Crippen LogP) is 5.81. The zero-order valence-corrected chi connectivity index (χ0v) is 30.7. The van der Waals surface area contributed by atoms with Crippen molar-refractivity contribution in [1.82, 2.24) is 19.9 Å². The van der Waals surface area contributed by atoms with Crippen LogP contribution < -0.4 is 21.1 Å². The number of ether oxygens (including phenoxy) is 1. The number of hydrogen-bond donors (Lipinski definition) is 4. The number of aromatic nitrogens is 1. The Labute approximate surface area is 307 Å². The Morgan fingerprint density at radius 3 is 2.54 bits per heavy atom. The van der Waals surface area contributed by atoms with Gasteiger partial charge in [-0.1, -0.05) is 59.6 Å². The number of rotatable bonds is 13. The summed E-state index contributed by atoms with van der Waals surface area (Å²) in [6, 6.07) is 16.5. The van der Waals surface area contributed by atoms with E-state index in [4.69, 9.17) is 39.1 Å². The number of halogens is 3. The van der Waals surface area contributed by atoms with Gasteiger partial charge in [0.2, 0.25) is 21.8 Å². The number of nitrogens with zero attached hydrogens (tertiary/aromatic N) is 2. The fourth-order valence-electron chi connectivity index (χ4n) is 5.82. The molecule has 0 unspecified atom stereocenters. The molecule has 4 aromatic rings. The molecule has 5 rings (SSSR count). The molecule has 2 amide bonds. The topological polar surface area (TPSA) is 168 Å². The van der Waals surface area contributed by atoms with Gasteiger partial charge in [0.15, 0.2) is 0 Å². The number of para-hydroxylation sites is 1. The maximum Gasteiger partial charge on any atom is 0.245 e. The lowest BCUT2D eigenvalue weighted by Gasteiger charge is -2.24. The molecule has 1 aromatic heterocycles. The van der Waals surface area contributed by atoms with E-state index in [0.717, 1.165) is 22.2 Å². The number of nitrogens with one attached hydrogen (secondary N) is 3. The Hall–Kier alpha value is -3.94. The summed E-state index contributed by atoms with van der Waals surface area (Å²) in [5, 5.41) is 14.2. The number of amidine groups is 1. The van der Waals surface area contributed by atoms with E-state index in [9.17, 15) is 18.0 Å². The Morgan fingerprint density at radius 1 is 1.08 bits per heavy atom. The van der Waals surface area contributed by atoms with Crippen molar-refractivity contribution in [3.63, 3.8) is 0 Å². The number of sulfonamides is 1. The summed E-state index contributed by atoms with van der Waals surface area (Å²) in [7, 11) is -4.19. The molecule has 0 saturated carbocycles. The van der Waals surface area contributed by atoms with Gasteiger partial charge in [-0.3, -0.25) is 15.0 Å². The van der Waals surface area contributed by atoms with E-state index in [-0.39, 0.29) is 65.2 Å². The molecule has 0 bridgehead atoms. The highest BCUT2D eigenvalue weighted by atomic mass is 35.5. The summed E-state index contributed by atoms with van der Waals surface area (Å²) in [6.45, 7) is 4.47. The summed E-state index contributed by atoms with van der Waals surface area (Å²) >= 11 is 13.2. The second-order valence-electron chi connectivity index (χ2n) is 11.9. The fraction of sp³-hybridized carbons (Fsp3) is 0.314. The Kier molecular flexibility index (Phi) is 13.1. The number of amides is 2. The maximum atomic E-state index is 13.9. The quantitative estimate of drug-likeness (QED) is 0.0758. The van der Waals surface area contributed by atoms with E-state index in [1.807, 2.05) is 32.0 Å². The molecule has 3 aromatic carbocycles. The van der Waals surface area contributed by atoms with Crippen LogP contribution in [0.1, 0.15) is 53.6 Å². The number of fused-ring (bicyclic) bond motifs is 1. The molecule has 15 heteroatoms. The molecular formula is C35H39Cl3N6O5S. The van der Waals surface area contributed by atoms with Gasteiger partial charge in [-0.05, 0) is 68.5 Å². The molecule has 1 aliphatic rings. The van der Waals surface area contributed by atoms with Crippen molar-refractivity contribution in [2.75, 3.05) is 13.1 Å². The molecule has 1 fully saturated rings. The van der Waals surface area contributed by atoms with Crippen LogP contribution in [-0.2, 0) is 32.8 Å². The van der Waals surface area contributed by atoms with Gasteiger partial charge in [-0.2, -0.15) is 4.31 Å². The number of nitrogen functional groups attached to an aromatic ring is 1. The lowest BCUT2D eigenvalue weighted by molar-refractivity contribution is -0.125. The van der Waals surface area contributed by atoms with E-state index in [1.54, 1.807) is 30.3 Å². The summed E-state index contributed by atoms with van der Waals surface area (Å²) in [5.74, 6) is -0.136. The van der Waals surface area contributed by atoms with Gasteiger partial charge < -0.3 is 21.1 Å². The average Bonchev–Trinajstić information content (AvgIpc) is 3.57. The Morgan fingerprint density at radius 2 is 1.82 bits per heavy atom. The highest BCUT2D eigenvalue weighted by molar-refractivity contribution is 7.89. The number of hydrogen-bond acceptors (Lipinski definition) is 7. The van der Waals surface area contributed by atoms with Crippen LogP contribution in [0.5, 0.6) is 5.75 Å². The number of nitrogens with two attached hydrogens (primary N) is 1. The molecule has 50 heavy (non-hydrogen) atoms. The van der Waals surface area contributed by atoms with E-state index in [2.05, 4.69) is 15.6 Å². The summed E-state index contributed by atoms with van der Waals surface area (Å²) in [4.78, 5) is 30.0. The van der Waals surface area contributed by atoms with Crippen molar-refractivity contribution in [1.29, 1.82) is 5.41 Å². The number of benzene rings is 3. The molecule has 0 spiro atoms. The second-order valence-corrected chi connectivity index (χ2v) is 14.6. The zero-order valence-electron chi connectivity index (χ0n) is 27.6. The zero-order chi connectivity index (χ0) is 35.3. The lowest BCUT2D eigenvalue weighted by Crippen LogP contribution is -2.46. The monoisotopic (exact) mass is 760 g/mol. The summed E-state index contributed by atoms with van der Waals surface area (Å²) in [5.41, 5.74) is 9.81. The number of carbonyl (C=O) groups excluding carboxylic acids is 2. The minimum atomic E-state index is -4.19. The first-order chi connectivity index (χ1) is 23.4. The fourth-order valence-corrected chi connectivity index (χ4v) is 8.34. The molecular weight excluding hydrogens is 723 g/mol. The van der Waals surface area contributed by atoms with Crippen LogP contribution in [0.3, 0.4) is 0 Å². The standard InChI is InChI=1S/C35H38Cl2N6O5S.ClH/c1-21-18-22(2)42-33-25(21)6-3-8-29(33)48-20-26-27(36)14-15-30(32(26)37)49(46,47)43-17-5-7-28(43)35(45)40-16-4-9-31(44)41-19-23-10-12-24(13-11-23)34(38)39;/h3,6,8,10-15,18,28H,4-5,7,9,16-17,19-20H2,1-2H3,(H3,38,39)(H,40,45)(H,41,44);1H/t28-;/m0./s1. The largest absolute Gasteiger partial charge is 0.487 e. The predicted molar refractivity (Wildman–Crippen MR) is 198 cm³/mol. The van der Waals surface area contributed by atoms with Crippen molar-refractivity contribution in [2.24, 2.45) is 5.73 Å². The molecule has 2 heterocycles. The third-order valence-corrected chi connectivity index (χ3v) is 11.2. The molecule has 1 atom stereocenters. The van der Waals surface area contributed by atoms with Crippen LogP contribution in [0, 0.1) is 19.3 Å². The van der Waals surface area contributed by atoms with E-state index >= 15 is 0 Å².